The van der Waals surface area contributed by atoms with E-state index in [4.69, 9.17) is 23.2 Å². The average Bonchev–Trinajstić information content (AvgIpc) is 2.14. The van der Waals surface area contributed by atoms with Gasteiger partial charge in [-0.3, -0.25) is 0 Å². The van der Waals surface area contributed by atoms with Gasteiger partial charge in [0, 0.05) is 11.6 Å². The summed E-state index contributed by atoms with van der Waals surface area (Å²) in [6.07, 6.45) is 13.4. The molecule has 0 bridgehead atoms. The third kappa shape index (κ3) is 2.81. The Kier molecular flexibility index (Phi) is 3.54. The molecule has 80 valence electrons. The van der Waals surface area contributed by atoms with Crippen LogP contribution < -0.4 is 0 Å². The Labute approximate surface area is 104 Å². The van der Waals surface area contributed by atoms with Crippen LogP contribution >= 0.6 is 23.2 Å². The minimum Gasteiger partial charge on any atom is -0.216 e. The summed E-state index contributed by atoms with van der Waals surface area (Å²) < 4.78 is 0. The molecule has 0 N–H and O–H groups in total. The van der Waals surface area contributed by atoms with E-state index in [-0.39, 0.29) is 0 Å². The Hall–Kier alpha value is -1.38. The van der Waals surface area contributed by atoms with Crippen LogP contribution in [0.2, 0.25) is 10.3 Å². The van der Waals surface area contributed by atoms with Gasteiger partial charge >= 0.3 is 0 Å². The fraction of sp³-hybridized carbons (Fsp3) is 0. The number of hydrogen-bond acceptors (Lipinski definition) is 2. The van der Waals surface area contributed by atoms with Crippen molar-refractivity contribution in [2.24, 2.45) is 0 Å². The standard InChI is InChI=1S/C12H8Cl2N2/c13-10-8-11(14)16-12(15-10)9-6-4-2-1-3-5-7-9/h1-8H. The molecule has 1 aliphatic rings. The molecule has 1 aromatic heterocycles. The van der Waals surface area contributed by atoms with Crippen LogP contribution in [0.1, 0.15) is 5.82 Å². The molecule has 0 fully saturated rings. The SMILES string of the molecule is Clc1cc(Cl)nc(C2=CC=CC=CC=C2)n1. The first-order chi connectivity index (χ1) is 7.75. The van der Waals surface area contributed by atoms with Crippen LogP contribution in [0.15, 0.2) is 48.6 Å². The predicted octanol–water partition coefficient (Wildman–Crippen LogP) is 3.85. The van der Waals surface area contributed by atoms with Crippen molar-refractivity contribution in [1.82, 2.24) is 9.97 Å². The third-order valence-electron chi connectivity index (χ3n) is 1.92. The molecule has 0 aliphatic heterocycles. The summed E-state index contributed by atoms with van der Waals surface area (Å²) in [6.45, 7) is 0. The number of rotatable bonds is 1. The van der Waals surface area contributed by atoms with Crippen LogP contribution in [0.25, 0.3) is 5.57 Å². The zero-order valence-corrected chi connectivity index (χ0v) is 9.78. The molecule has 1 aliphatic carbocycles. The maximum absolute atomic E-state index is 5.82. The van der Waals surface area contributed by atoms with E-state index < -0.39 is 0 Å². The smallest absolute Gasteiger partial charge is 0.162 e. The number of nitrogens with zero attached hydrogens (tertiary/aromatic N) is 2. The number of halogens is 2. The minimum atomic E-state index is 0.339. The highest BCUT2D eigenvalue weighted by atomic mass is 35.5. The van der Waals surface area contributed by atoms with Gasteiger partial charge in [0.1, 0.15) is 10.3 Å². The zero-order valence-electron chi connectivity index (χ0n) is 8.27. The van der Waals surface area contributed by atoms with E-state index >= 15 is 0 Å². The molecule has 0 spiro atoms. The predicted molar refractivity (Wildman–Crippen MR) is 67.4 cm³/mol. The van der Waals surface area contributed by atoms with Gasteiger partial charge in [-0.1, -0.05) is 65.7 Å². The second kappa shape index (κ2) is 5.10. The van der Waals surface area contributed by atoms with Crippen molar-refractivity contribution in [2.75, 3.05) is 0 Å². The highest BCUT2D eigenvalue weighted by molar-refractivity contribution is 6.33. The topological polar surface area (TPSA) is 25.8 Å². The van der Waals surface area contributed by atoms with Crippen LogP contribution in [0.3, 0.4) is 0 Å². The maximum atomic E-state index is 5.82. The van der Waals surface area contributed by atoms with E-state index in [1.807, 2.05) is 42.5 Å². The first-order valence-corrected chi connectivity index (χ1v) is 5.43. The number of hydrogen-bond donors (Lipinski definition) is 0. The lowest BCUT2D eigenvalue weighted by molar-refractivity contribution is 1.12. The van der Waals surface area contributed by atoms with E-state index in [9.17, 15) is 0 Å². The minimum absolute atomic E-state index is 0.339. The summed E-state index contributed by atoms with van der Waals surface area (Å²) in [7, 11) is 0. The van der Waals surface area contributed by atoms with Crippen molar-refractivity contribution in [3.8, 4) is 0 Å². The fourth-order valence-corrected chi connectivity index (χ4v) is 1.66. The molecule has 0 atom stereocenters. The first-order valence-electron chi connectivity index (χ1n) is 4.68. The van der Waals surface area contributed by atoms with Gasteiger partial charge < -0.3 is 0 Å². The normalized spacial score (nSPS) is 14.5. The molecular weight excluding hydrogens is 243 g/mol. The lowest BCUT2D eigenvalue weighted by Crippen LogP contribution is -1.93. The monoisotopic (exact) mass is 250 g/mol. The summed E-state index contributed by atoms with van der Waals surface area (Å²) in [6, 6.07) is 1.51. The van der Waals surface area contributed by atoms with Gasteiger partial charge in [-0.15, -0.1) is 0 Å². The van der Waals surface area contributed by atoms with E-state index in [0.29, 0.717) is 16.1 Å². The lowest BCUT2D eigenvalue weighted by Gasteiger charge is -2.02. The molecule has 2 nitrogen and oxygen atoms in total. The number of aromatic nitrogens is 2. The van der Waals surface area contributed by atoms with Gasteiger partial charge in [-0.25, -0.2) is 9.97 Å². The molecule has 0 amide bonds. The van der Waals surface area contributed by atoms with E-state index in [2.05, 4.69) is 9.97 Å². The van der Waals surface area contributed by atoms with Crippen molar-refractivity contribution < 1.29 is 0 Å². The van der Waals surface area contributed by atoms with Gasteiger partial charge in [-0.05, 0) is 0 Å². The Morgan fingerprint density at radius 2 is 1.44 bits per heavy atom. The largest absolute Gasteiger partial charge is 0.216 e. The van der Waals surface area contributed by atoms with E-state index in [0.717, 1.165) is 5.57 Å². The van der Waals surface area contributed by atoms with Gasteiger partial charge in [0.05, 0.1) is 0 Å². The quantitative estimate of drug-likeness (QED) is 0.708. The van der Waals surface area contributed by atoms with Crippen LogP contribution in [0, 0.1) is 0 Å². The van der Waals surface area contributed by atoms with Crippen molar-refractivity contribution in [3.63, 3.8) is 0 Å². The molecule has 0 saturated heterocycles. The molecular formula is C12H8Cl2N2. The third-order valence-corrected chi connectivity index (χ3v) is 2.31. The Balaban J connectivity index is 2.43. The lowest BCUT2D eigenvalue weighted by atomic mass is 10.2. The van der Waals surface area contributed by atoms with E-state index in [1.165, 1.54) is 6.07 Å². The molecule has 16 heavy (non-hydrogen) atoms. The first kappa shape index (κ1) is 11.1. The van der Waals surface area contributed by atoms with Gasteiger partial charge in [0.25, 0.3) is 0 Å². The Morgan fingerprint density at radius 1 is 0.812 bits per heavy atom. The molecule has 2 rings (SSSR count). The highest BCUT2D eigenvalue weighted by Gasteiger charge is 2.04. The van der Waals surface area contributed by atoms with Gasteiger partial charge in [0.2, 0.25) is 0 Å². The summed E-state index contributed by atoms with van der Waals surface area (Å²) in [5.74, 6) is 0.522. The van der Waals surface area contributed by atoms with Gasteiger partial charge in [0.15, 0.2) is 5.82 Å². The van der Waals surface area contributed by atoms with Gasteiger partial charge in [-0.2, -0.15) is 0 Å². The van der Waals surface area contributed by atoms with Crippen LogP contribution in [-0.4, -0.2) is 9.97 Å². The van der Waals surface area contributed by atoms with E-state index in [1.54, 1.807) is 0 Å². The Morgan fingerprint density at radius 3 is 2.19 bits per heavy atom. The fourth-order valence-electron chi connectivity index (χ4n) is 1.23. The summed E-state index contributed by atoms with van der Waals surface area (Å²) >= 11 is 11.6. The highest BCUT2D eigenvalue weighted by Crippen LogP contribution is 2.18. The Bertz CT molecular complexity index is 494. The zero-order chi connectivity index (χ0) is 11.4. The summed E-state index contributed by atoms with van der Waals surface area (Å²) in [4.78, 5) is 8.24. The van der Waals surface area contributed by atoms with Crippen molar-refractivity contribution in [1.29, 1.82) is 0 Å². The van der Waals surface area contributed by atoms with Crippen molar-refractivity contribution >= 4 is 28.8 Å². The second-order valence-electron chi connectivity index (χ2n) is 3.09. The van der Waals surface area contributed by atoms with Crippen molar-refractivity contribution in [2.45, 2.75) is 0 Å². The number of allylic oxidation sites excluding steroid dienone is 8. The second-order valence-corrected chi connectivity index (χ2v) is 3.86. The molecule has 0 saturated carbocycles. The summed E-state index contributed by atoms with van der Waals surface area (Å²) in [5, 5.41) is 0.678. The average molecular weight is 251 g/mol. The molecule has 0 radical (unpaired) electrons. The van der Waals surface area contributed by atoms with Crippen LogP contribution in [0.4, 0.5) is 0 Å². The maximum Gasteiger partial charge on any atom is 0.162 e. The van der Waals surface area contributed by atoms with Crippen LogP contribution in [0.5, 0.6) is 0 Å². The molecule has 1 aromatic rings. The van der Waals surface area contributed by atoms with Crippen molar-refractivity contribution in [3.05, 3.63) is 64.7 Å². The molecule has 0 aromatic carbocycles. The van der Waals surface area contributed by atoms with Crippen LogP contribution in [-0.2, 0) is 0 Å². The molecule has 1 heterocycles. The summed E-state index contributed by atoms with van der Waals surface area (Å²) in [5.41, 5.74) is 0.866. The molecule has 4 heteroatoms. The molecule has 0 unspecified atom stereocenters.